The molecule has 9 nitrogen and oxygen atoms in total. The number of halogens is 2. The Labute approximate surface area is 184 Å². The molecule has 1 heterocycles. The molecule has 0 aliphatic carbocycles. The van der Waals surface area contributed by atoms with Crippen molar-refractivity contribution in [1.82, 2.24) is 4.98 Å². The minimum absolute atomic E-state index is 0.0231. The van der Waals surface area contributed by atoms with E-state index in [4.69, 9.17) is 4.74 Å². The second-order valence-corrected chi connectivity index (χ2v) is 6.89. The molecular weight excluding hydrogens is 473 g/mol. The Balaban J connectivity index is 1.56. The summed E-state index contributed by atoms with van der Waals surface area (Å²) in [6.45, 7) is -0.242. The number of nitro groups is 1. The van der Waals surface area contributed by atoms with Gasteiger partial charge in [0.1, 0.15) is 11.6 Å². The SMILES string of the molecule is O=C(COc1ccc(/C=N\Nc2ncccc2[N+](=O)[O-])cc1Br)Nc1ccc(F)cc1. The number of nitrogens with one attached hydrogen (secondary N) is 2. The van der Waals surface area contributed by atoms with Crippen LogP contribution in [0.15, 0.2) is 70.4 Å². The molecule has 0 bridgehead atoms. The third-order valence-electron chi connectivity index (χ3n) is 3.81. The van der Waals surface area contributed by atoms with Crippen LogP contribution in [0, 0.1) is 15.9 Å². The second kappa shape index (κ2) is 10.3. The van der Waals surface area contributed by atoms with Crippen molar-refractivity contribution in [2.45, 2.75) is 0 Å². The number of aromatic nitrogens is 1. The van der Waals surface area contributed by atoms with E-state index < -0.39 is 16.6 Å². The zero-order valence-corrected chi connectivity index (χ0v) is 17.4. The lowest BCUT2D eigenvalue weighted by atomic mass is 10.2. The summed E-state index contributed by atoms with van der Waals surface area (Å²) >= 11 is 3.36. The molecule has 0 atom stereocenters. The van der Waals surface area contributed by atoms with Gasteiger partial charge < -0.3 is 10.1 Å². The molecule has 1 aromatic heterocycles. The third-order valence-corrected chi connectivity index (χ3v) is 4.43. The van der Waals surface area contributed by atoms with Gasteiger partial charge in [-0.3, -0.25) is 20.3 Å². The maximum atomic E-state index is 12.9. The number of nitrogens with zero attached hydrogens (tertiary/aromatic N) is 3. The van der Waals surface area contributed by atoms with E-state index in [1.807, 2.05) is 0 Å². The van der Waals surface area contributed by atoms with Gasteiger partial charge in [0, 0.05) is 18.0 Å². The highest BCUT2D eigenvalue weighted by Gasteiger charge is 2.13. The maximum absolute atomic E-state index is 12.9. The van der Waals surface area contributed by atoms with Crippen LogP contribution in [0.25, 0.3) is 0 Å². The van der Waals surface area contributed by atoms with Crippen LogP contribution in [-0.4, -0.2) is 28.6 Å². The van der Waals surface area contributed by atoms with Crippen molar-refractivity contribution >= 4 is 45.2 Å². The number of hydrazone groups is 1. The Bertz CT molecular complexity index is 1120. The smallest absolute Gasteiger partial charge is 0.313 e. The number of benzene rings is 2. The maximum Gasteiger partial charge on any atom is 0.313 e. The minimum atomic E-state index is -0.556. The molecule has 0 radical (unpaired) electrons. The summed E-state index contributed by atoms with van der Waals surface area (Å²) in [5.41, 5.74) is 3.47. The van der Waals surface area contributed by atoms with Crippen LogP contribution in [0.2, 0.25) is 0 Å². The van der Waals surface area contributed by atoms with E-state index in [9.17, 15) is 19.3 Å². The molecule has 3 rings (SSSR count). The Morgan fingerprint density at radius 2 is 2.03 bits per heavy atom. The van der Waals surface area contributed by atoms with Crippen molar-refractivity contribution in [3.05, 3.63) is 86.8 Å². The van der Waals surface area contributed by atoms with Crippen molar-refractivity contribution in [3.63, 3.8) is 0 Å². The molecule has 0 saturated carbocycles. The van der Waals surface area contributed by atoms with Crippen molar-refractivity contribution in [3.8, 4) is 5.75 Å². The van der Waals surface area contributed by atoms with Gasteiger partial charge in [0.05, 0.1) is 15.6 Å². The monoisotopic (exact) mass is 487 g/mol. The first-order valence-electron chi connectivity index (χ1n) is 8.78. The van der Waals surface area contributed by atoms with E-state index in [0.29, 0.717) is 21.5 Å². The fraction of sp³-hybridized carbons (Fsp3) is 0.0500. The number of hydrogen-bond donors (Lipinski definition) is 2. The van der Waals surface area contributed by atoms with Gasteiger partial charge >= 0.3 is 5.69 Å². The predicted molar refractivity (Wildman–Crippen MR) is 117 cm³/mol. The molecule has 0 fully saturated rings. The van der Waals surface area contributed by atoms with Gasteiger partial charge in [0.25, 0.3) is 5.91 Å². The number of rotatable bonds is 8. The number of carbonyl (C=O) groups is 1. The summed E-state index contributed by atoms with van der Waals surface area (Å²) in [4.78, 5) is 26.3. The number of amides is 1. The molecule has 1 amide bonds. The highest BCUT2D eigenvalue weighted by atomic mass is 79.9. The number of pyridine rings is 1. The summed E-state index contributed by atoms with van der Waals surface area (Å²) in [7, 11) is 0. The van der Waals surface area contributed by atoms with E-state index in [0.717, 1.165) is 0 Å². The summed E-state index contributed by atoms with van der Waals surface area (Å²) < 4.78 is 19.0. The van der Waals surface area contributed by atoms with E-state index in [2.05, 4.69) is 36.8 Å². The Morgan fingerprint density at radius 1 is 1.26 bits per heavy atom. The zero-order valence-electron chi connectivity index (χ0n) is 15.8. The van der Waals surface area contributed by atoms with Crippen molar-refractivity contribution in [1.29, 1.82) is 0 Å². The molecule has 0 saturated heterocycles. The van der Waals surface area contributed by atoms with Gasteiger partial charge in [-0.05, 0) is 70.0 Å². The second-order valence-electron chi connectivity index (χ2n) is 6.03. The van der Waals surface area contributed by atoms with Gasteiger partial charge in [0.2, 0.25) is 5.82 Å². The van der Waals surface area contributed by atoms with Crippen molar-refractivity contribution in [2.75, 3.05) is 17.3 Å². The molecule has 2 aromatic carbocycles. The number of hydrogen-bond acceptors (Lipinski definition) is 7. The van der Waals surface area contributed by atoms with Crippen LogP contribution in [0.3, 0.4) is 0 Å². The molecule has 0 aliphatic heterocycles. The molecule has 0 spiro atoms. The van der Waals surface area contributed by atoms with Gasteiger partial charge in [-0.2, -0.15) is 5.10 Å². The molecule has 11 heteroatoms. The molecule has 3 aromatic rings. The average Bonchev–Trinajstić information content (AvgIpc) is 2.75. The molecular formula is C20H15BrFN5O4. The lowest BCUT2D eigenvalue weighted by Gasteiger charge is -2.09. The van der Waals surface area contributed by atoms with Gasteiger partial charge in [-0.1, -0.05) is 0 Å². The third kappa shape index (κ3) is 6.31. The quantitative estimate of drug-likeness (QED) is 0.277. The number of carbonyl (C=O) groups excluding carboxylic acids is 1. The Hall–Kier alpha value is -3.86. The first-order valence-corrected chi connectivity index (χ1v) is 9.58. The highest BCUT2D eigenvalue weighted by Crippen LogP contribution is 2.26. The molecule has 0 unspecified atom stereocenters. The fourth-order valence-electron chi connectivity index (χ4n) is 2.39. The largest absolute Gasteiger partial charge is 0.483 e. The van der Waals surface area contributed by atoms with Crippen LogP contribution in [0.1, 0.15) is 5.56 Å². The number of anilines is 2. The van der Waals surface area contributed by atoms with Gasteiger partial charge in [0.15, 0.2) is 6.61 Å². The van der Waals surface area contributed by atoms with Crippen LogP contribution >= 0.6 is 15.9 Å². The lowest BCUT2D eigenvalue weighted by Crippen LogP contribution is -2.20. The van der Waals surface area contributed by atoms with Crippen molar-refractivity contribution < 1.29 is 18.8 Å². The van der Waals surface area contributed by atoms with Gasteiger partial charge in [-0.15, -0.1) is 0 Å². The predicted octanol–water partition coefficient (Wildman–Crippen LogP) is 4.35. The molecule has 31 heavy (non-hydrogen) atoms. The normalized spacial score (nSPS) is 10.6. The standard InChI is InChI=1S/C20H15BrFN5O4/c21-16-10-13(11-24-26-20-17(27(29)30)2-1-9-23-20)3-8-18(16)31-12-19(28)25-15-6-4-14(22)5-7-15/h1-11H,12H2,(H,23,26)(H,25,28)/b24-11-. The summed E-state index contributed by atoms with van der Waals surface area (Å²) in [5, 5.41) is 17.5. The van der Waals surface area contributed by atoms with Gasteiger partial charge in [-0.25, -0.2) is 9.37 Å². The lowest BCUT2D eigenvalue weighted by molar-refractivity contribution is -0.384. The summed E-state index contributed by atoms with van der Waals surface area (Å²) in [6.07, 6.45) is 2.87. The topological polar surface area (TPSA) is 119 Å². The average molecular weight is 488 g/mol. The fourth-order valence-corrected chi connectivity index (χ4v) is 2.90. The summed E-state index contributed by atoms with van der Waals surface area (Å²) in [6, 6.07) is 13.2. The summed E-state index contributed by atoms with van der Waals surface area (Å²) in [5.74, 6) is -0.338. The highest BCUT2D eigenvalue weighted by molar-refractivity contribution is 9.10. The van der Waals surface area contributed by atoms with E-state index in [1.54, 1.807) is 18.2 Å². The minimum Gasteiger partial charge on any atom is -0.483 e. The number of ether oxygens (including phenoxy) is 1. The van der Waals surface area contributed by atoms with Crippen LogP contribution in [0.5, 0.6) is 5.75 Å². The molecule has 158 valence electrons. The Kier molecular flexibility index (Phi) is 7.22. The first-order chi connectivity index (χ1) is 14.9. The zero-order chi connectivity index (χ0) is 22.2. The van der Waals surface area contributed by atoms with Crippen LogP contribution < -0.4 is 15.5 Å². The van der Waals surface area contributed by atoms with E-state index >= 15 is 0 Å². The van der Waals surface area contributed by atoms with Crippen molar-refractivity contribution in [2.24, 2.45) is 5.10 Å². The van der Waals surface area contributed by atoms with Crippen LogP contribution in [-0.2, 0) is 4.79 Å². The first kappa shape index (κ1) is 21.8. The van der Waals surface area contributed by atoms with E-state index in [1.165, 1.54) is 48.8 Å². The van der Waals surface area contributed by atoms with E-state index in [-0.39, 0.29) is 18.1 Å². The molecule has 0 aliphatic rings. The molecule has 2 N–H and O–H groups in total. The van der Waals surface area contributed by atoms with Crippen LogP contribution in [0.4, 0.5) is 21.6 Å². The Morgan fingerprint density at radius 3 is 2.74 bits per heavy atom.